The van der Waals surface area contributed by atoms with Crippen LogP contribution in [0.2, 0.25) is 0 Å². The van der Waals surface area contributed by atoms with Crippen LogP contribution in [0.1, 0.15) is 0 Å². The summed E-state index contributed by atoms with van der Waals surface area (Å²) in [5.41, 5.74) is 0. The van der Waals surface area contributed by atoms with Gasteiger partial charge in [-0.1, -0.05) is 0 Å². The van der Waals surface area contributed by atoms with E-state index in [0.29, 0.717) is 26.4 Å². The van der Waals surface area contributed by atoms with Crippen LogP contribution < -0.4 is 103 Å². The molecule has 2 aromatic carbocycles. The van der Waals surface area contributed by atoms with Gasteiger partial charge in [0.25, 0.3) is 0 Å². The van der Waals surface area contributed by atoms with E-state index in [0.717, 1.165) is 0 Å². The van der Waals surface area contributed by atoms with E-state index in [4.69, 9.17) is 0 Å². The van der Waals surface area contributed by atoms with Crippen LogP contribution in [0.15, 0.2) is 60.7 Å². The van der Waals surface area contributed by atoms with Crippen LogP contribution in [-0.2, 0) is 18.9 Å². The summed E-state index contributed by atoms with van der Waals surface area (Å²) < 4.78 is 18.6. The van der Waals surface area contributed by atoms with Crippen molar-refractivity contribution in [3.05, 3.63) is 60.7 Å². The zero-order chi connectivity index (χ0) is 16.7. The molecule has 0 fully saturated rings. The maximum Gasteiger partial charge on any atom is 1.00 e. The zero-order valence-electron chi connectivity index (χ0n) is 18.2. The summed E-state index contributed by atoms with van der Waals surface area (Å²) in [4.78, 5) is 0. The first kappa shape index (κ1) is 44.7. The normalized spacial score (nSPS) is 7.23. The first-order valence-corrected chi connectivity index (χ1v) is 7.12. The molecule has 2 radical (unpaired) electrons. The molecular weight excluding hydrogens is 437 g/mol. The third-order valence-corrected chi connectivity index (χ3v) is 2.09. The van der Waals surface area contributed by atoms with E-state index in [1.165, 1.54) is 0 Å². The molecule has 2 aromatic rings. The Morgan fingerprint density at radius 1 is 0.500 bits per heavy atom. The molecule has 0 aliphatic carbocycles. The van der Waals surface area contributed by atoms with Crippen LogP contribution >= 0.6 is 0 Å². The molecule has 0 saturated heterocycles. The second-order valence-corrected chi connectivity index (χ2v) is 3.90. The largest absolute Gasteiger partial charge is 1.00 e. The Bertz CT molecular complexity index is 256. The predicted molar refractivity (Wildman–Crippen MR) is 103 cm³/mol. The smallest absolute Gasteiger partial charge is 0.382 e. The Labute approximate surface area is 331 Å². The third-order valence-electron chi connectivity index (χ3n) is 2.09. The Morgan fingerprint density at radius 3 is 0.769 bits per heavy atom. The van der Waals surface area contributed by atoms with E-state index < -0.39 is 0 Å². The minimum Gasteiger partial charge on any atom is -0.382 e. The summed E-state index contributed by atoms with van der Waals surface area (Å²) in [6.07, 6.45) is 0. The topological polar surface area (TPSA) is 36.9 Å². The van der Waals surface area contributed by atoms with E-state index in [9.17, 15) is 0 Å². The molecule has 0 saturated carbocycles. The molecule has 0 unspecified atom stereocenters. The average Bonchev–Trinajstić information content (AvgIpc) is 3.29. The molecule has 0 aliphatic rings. The summed E-state index contributed by atoms with van der Waals surface area (Å²) >= 11 is 0. The minimum absolute atomic E-state index is 0. The van der Waals surface area contributed by atoms with Gasteiger partial charge < -0.3 is 18.9 Å². The third kappa shape index (κ3) is 51.6. The predicted octanol–water partition coefficient (Wildman–Crippen LogP) is -3.38. The second kappa shape index (κ2) is 47.8. The first-order valence-electron chi connectivity index (χ1n) is 7.12. The number of methoxy groups -OCH3 is 4. The van der Waals surface area contributed by atoms with Crippen molar-refractivity contribution in [1.82, 2.24) is 0 Å². The van der Waals surface area contributed by atoms with Gasteiger partial charge in [0.15, 0.2) is 0 Å². The number of hydrogen-bond donors (Lipinski definition) is 0. The summed E-state index contributed by atoms with van der Waals surface area (Å²) in [5, 5.41) is 0. The second-order valence-electron chi connectivity index (χ2n) is 3.90. The fourth-order valence-corrected chi connectivity index (χ4v) is 0.975. The molecule has 130 valence electrons. The van der Waals surface area contributed by atoms with Crippen LogP contribution in [0.25, 0.3) is 0 Å². The summed E-state index contributed by atoms with van der Waals surface area (Å²) in [7, 11) is 6.61. The van der Waals surface area contributed by atoms with Crippen molar-refractivity contribution >= 4 is 103 Å². The maximum absolute atomic E-state index is 4.66. The van der Waals surface area contributed by atoms with Crippen LogP contribution in [0, 0.1) is 0 Å². The van der Waals surface area contributed by atoms with Crippen LogP contribution in [0.5, 0.6) is 0 Å². The van der Waals surface area contributed by atoms with E-state index in [1.807, 2.05) is 60.7 Å². The van der Waals surface area contributed by atoms with Gasteiger partial charge in [-0.3, -0.25) is 0 Å². The summed E-state index contributed by atoms with van der Waals surface area (Å²) in [6.45, 7) is 2.76. The molecule has 0 bridgehead atoms. The Hall–Kier alpha value is 5.09. The van der Waals surface area contributed by atoms with Crippen molar-refractivity contribution in [3.8, 4) is 0 Å². The number of rotatable bonds is 6. The fraction of sp³-hybridized carbons (Fsp3) is 0.444. The molecule has 0 N–H and O–H groups in total. The monoisotopic (exact) mass is 466 g/mol. The van der Waals surface area contributed by atoms with Gasteiger partial charge in [-0.05, 0) is 0 Å². The molecule has 2 rings (SSSR count). The average molecular weight is 467 g/mol. The molecule has 8 heteroatoms. The van der Waals surface area contributed by atoms with Crippen molar-refractivity contribution < 1.29 is 122 Å². The van der Waals surface area contributed by atoms with E-state index in [1.54, 1.807) is 28.4 Å². The van der Waals surface area contributed by atoms with Crippen molar-refractivity contribution in [2.75, 3.05) is 54.9 Å². The molecule has 0 spiro atoms. The van der Waals surface area contributed by atoms with Gasteiger partial charge in [-0.15, -0.1) is 0 Å². The van der Waals surface area contributed by atoms with Gasteiger partial charge in [0.1, 0.15) is 0 Å². The van der Waals surface area contributed by atoms with Gasteiger partial charge in [0, 0.05) is 131 Å². The number of ether oxygens (including phenoxy) is 4. The van der Waals surface area contributed by atoms with Crippen molar-refractivity contribution in [2.24, 2.45) is 0 Å². The first-order chi connectivity index (χ1) is 10.8. The minimum atomic E-state index is 0. The van der Waals surface area contributed by atoms with E-state index in [2.05, 4.69) is 18.9 Å². The van der Waals surface area contributed by atoms with Crippen molar-refractivity contribution in [1.29, 1.82) is 0 Å². The van der Waals surface area contributed by atoms with Gasteiger partial charge in [-0.25, -0.2) is 24.3 Å². The molecule has 0 atom stereocenters. The van der Waals surface area contributed by atoms with Crippen molar-refractivity contribution in [3.63, 3.8) is 0 Å². The Kier molecular flexibility index (Phi) is 82.1. The molecule has 0 heterocycles. The van der Waals surface area contributed by atoms with Gasteiger partial charge >= 0.3 is 103 Å². The van der Waals surface area contributed by atoms with Crippen molar-refractivity contribution in [2.45, 2.75) is 0 Å². The molecule has 26 heavy (non-hydrogen) atoms. The maximum atomic E-state index is 4.66. The van der Waals surface area contributed by atoms with Gasteiger partial charge in [-0.2, -0.15) is 36.4 Å². The summed E-state index contributed by atoms with van der Waals surface area (Å²) in [6, 6.07) is 20.0. The molecule has 0 aliphatic heterocycles. The molecule has 4 nitrogen and oxygen atoms in total. The standard InChI is InChI=1S/2C5H5.2C4H10O2.4K/c2*1-2-4-5-3-1;2*1-5-3-4-6-2;;;;/h2*1-5H;2*3-4H2,1-2H3;;;;/q2*-1;;;;;2*+1. The fourth-order valence-electron chi connectivity index (χ4n) is 0.975. The van der Waals surface area contributed by atoms with Gasteiger partial charge in [0.2, 0.25) is 0 Å². The van der Waals surface area contributed by atoms with Gasteiger partial charge in [0.05, 0.1) is 26.4 Å². The van der Waals surface area contributed by atoms with E-state index in [-0.39, 0.29) is 206 Å². The quantitative estimate of drug-likeness (QED) is 0.253. The Balaban J connectivity index is -0.0000000488. The number of hydrogen-bond acceptors (Lipinski definition) is 4. The summed E-state index contributed by atoms with van der Waals surface area (Å²) in [5.74, 6) is 0. The van der Waals surface area contributed by atoms with E-state index >= 15 is 0 Å². The van der Waals surface area contributed by atoms with Crippen LogP contribution in [0.3, 0.4) is 0 Å². The SMILES string of the molecule is COCCOC.COCCOC.[K+].[K+].[K].[K].c1cc[cH-]c1.c1cc[cH-]c1. The zero-order valence-corrected chi connectivity index (χ0v) is 30.7. The molecule has 0 amide bonds. The van der Waals surface area contributed by atoms with Crippen LogP contribution in [0.4, 0.5) is 0 Å². The van der Waals surface area contributed by atoms with Crippen LogP contribution in [-0.4, -0.2) is 158 Å². The molecule has 0 aromatic heterocycles. The Morgan fingerprint density at radius 2 is 0.692 bits per heavy atom. The molecular formula is C18H30K4O4.